The summed E-state index contributed by atoms with van der Waals surface area (Å²) in [6.45, 7) is 2.51. The first kappa shape index (κ1) is 18.6. The Morgan fingerprint density at radius 1 is 0.778 bits per heavy atom. The fourth-order valence-electron chi connectivity index (χ4n) is 3.06. The van der Waals surface area contributed by atoms with Crippen molar-refractivity contribution in [3.05, 3.63) is 102 Å². The van der Waals surface area contributed by atoms with E-state index in [2.05, 4.69) is 0 Å². The van der Waals surface area contributed by atoms with Crippen LogP contribution in [0.2, 0.25) is 0 Å². The molecule has 3 aromatic carbocycles. The second-order valence-electron chi connectivity index (χ2n) is 6.28. The summed E-state index contributed by atoms with van der Waals surface area (Å²) < 4.78 is 5.48. The number of rotatable bonds is 8. The van der Waals surface area contributed by atoms with Crippen LogP contribution >= 0.6 is 0 Å². The molecule has 0 aliphatic heterocycles. The third-order valence-electron chi connectivity index (χ3n) is 4.45. The fraction of sp³-hybridized carbons (Fsp3) is 0.167. The highest BCUT2D eigenvalue weighted by Crippen LogP contribution is 2.28. The molecule has 0 heterocycles. The standard InChI is InChI=1S/C24H22O3/c1-2-27-21-15-13-18(14-16-21)22(24(26)20-11-7-4-8-12-20)17-23(25)19-9-5-3-6-10-19/h3-16,22H,2,17H2,1H3. The topological polar surface area (TPSA) is 43.4 Å². The van der Waals surface area contributed by atoms with Crippen LogP contribution in [0.15, 0.2) is 84.9 Å². The van der Waals surface area contributed by atoms with Crippen LogP contribution in [0.1, 0.15) is 45.5 Å². The van der Waals surface area contributed by atoms with E-state index < -0.39 is 5.92 Å². The lowest BCUT2D eigenvalue weighted by Crippen LogP contribution is -2.17. The van der Waals surface area contributed by atoms with Gasteiger partial charge in [-0.05, 0) is 24.6 Å². The summed E-state index contributed by atoms with van der Waals surface area (Å²) >= 11 is 0. The molecule has 0 aromatic heterocycles. The van der Waals surface area contributed by atoms with Crippen molar-refractivity contribution < 1.29 is 14.3 Å². The molecule has 0 saturated carbocycles. The van der Waals surface area contributed by atoms with Gasteiger partial charge in [0.2, 0.25) is 0 Å². The number of ether oxygens (including phenoxy) is 1. The number of benzene rings is 3. The van der Waals surface area contributed by atoms with Gasteiger partial charge in [0.25, 0.3) is 0 Å². The van der Waals surface area contributed by atoms with Crippen molar-refractivity contribution in [2.24, 2.45) is 0 Å². The normalized spacial score (nSPS) is 11.6. The van der Waals surface area contributed by atoms with Crippen molar-refractivity contribution in [1.29, 1.82) is 0 Å². The molecular weight excluding hydrogens is 336 g/mol. The molecule has 0 fully saturated rings. The Morgan fingerprint density at radius 2 is 1.33 bits per heavy atom. The summed E-state index contributed by atoms with van der Waals surface area (Å²) in [4.78, 5) is 25.9. The first-order valence-electron chi connectivity index (χ1n) is 9.09. The van der Waals surface area contributed by atoms with E-state index in [0.717, 1.165) is 11.3 Å². The van der Waals surface area contributed by atoms with Gasteiger partial charge >= 0.3 is 0 Å². The average Bonchev–Trinajstić information content (AvgIpc) is 2.73. The van der Waals surface area contributed by atoms with Crippen molar-refractivity contribution in [2.75, 3.05) is 6.61 Å². The second-order valence-corrected chi connectivity index (χ2v) is 6.28. The van der Waals surface area contributed by atoms with Gasteiger partial charge in [0, 0.05) is 17.5 Å². The van der Waals surface area contributed by atoms with E-state index in [1.807, 2.05) is 67.6 Å². The van der Waals surface area contributed by atoms with E-state index in [1.165, 1.54) is 0 Å². The number of hydrogen-bond acceptors (Lipinski definition) is 3. The quantitative estimate of drug-likeness (QED) is 0.512. The largest absolute Gasteiger partial charge is 0.494 e. The Hall–Kier alpha value is -3.20. The Morgan fingerprint density at radius 3 is 1.89 bits per heavy atom. The van der Waals surface area contributed by atoms with Crippen LogP contribution in [-0.2, 0) is 0 Å². The average molecular weight is 358 g/mol. The summed E-state index contributed by atoms with van der Waals surface area (Å²) in [5, 5.41) is 0. The lowest BCUT2D eigenvalue weighted by atomic mass is 9.85. The molecule has 0 aliphatic carbocycles. The van der Waals surface area contributed by atoms with Gasteiger partial charge in [-0.3, -0.25) is 9.59 Å². The van der Waals surface area contributed by atoms with Gasteiger partial charge in [-0.2, -0.15) is 0 Å². The number of ketones is 2. The van der Waals surface area contributed by atoms with E-state index in [4.69, 9.17) is 4.74 Å². The van der Waals surface area contributed by atoms with Crippen LogP contribution in [0.3, 0.4) is 0 Å². The van der Waals surface area contributed by atoms with Crippen LogP contribution in [0.25, 0.3) is 0 Å². The summed E-state index contributed by atoms with van der Waals surface area (Å²) in [6.07, 6.45) is 0.131. The minimum absolute atomic E-state index is 0.0428. The minimum atomic E-state index is -0.532. The maximum absolute atomic E-state index is 13.1. The molecule has 0 bridgehead atoms. The van der Waals surface area contributed by atoms with E-state index in [-0.39, 0.29) is 18.0 Å². The fourth-order valence-corrected chi connectivity index (χ4v) is 3.06. The van der Waals surface area contributed by atoms with Crippen molar-refractivity contribution in [2.45, 2.75) is 19.3 Å². The van der Waals surface area contributed by atoms with Gasteiger partial charge in [0.1, 0.15) is 5.75 Å². The van der Waals surface area contributed by atoms with Gasteiger partial charge in [-0.15, -0.1) is 0 Å². The lowest BCUT2D eigenvalue weighted by molar-refractivity contribution is 0.0893. The van der Waals surface area contributed by atoms with Crippen molar-refractivity contribution in [1.82, 2.24) is 0 Å². The van der Waals surface area contributed by atoms with E-state index in [0.29, 0.717) is 17.7 Å². The Balaban J connectivity index is 1.91. The molecule has 0 amide bonds. The lowest BCUT2D eigenvalue weighted by Gasteiger charge is -2.17. The number of carbonyl (C=O) groups is 2. The number of Topliss-reactive ketones (excluding diaryl/α,β-unsaturated/α-hetero) is 2. The van der Waals surface area contributed by atoms with Crippen LogP contribution < -0.4 is 4.74 Å². The highest BCUT2D eigenvalue weighted by Gasteiger charge is 2.25. The molecule has 0 radical (unpaired) electrons. The second kappa shape index (κ2) is 8.95. The first-order chi connectivity index (χ1) is 13.2. The highest BCUT2D eigenvalue weighted by molar-refractivity contribution is 6.06. The summed E-state index contributed by atoms with van der Waals surface area (Å²) in [5.41, 5.74) is 2.04. The number of hydrogen-bond donors (Lipinski definition) is 0. The van der Waals surface area contributed by atoms with Gasteiger partial charge < -0.3 is 4.74 Å². The molecule has 0 aliphatic rings. The zero-order valence-corrected chi connectivity index (χ0v) is 15.3. The summed E-state index contributed by atoms with van der Waals surface area (Å²) in [7, 11) is 0. The van der Waals surface area contributed by atoms with Crippen molar-refractivity contribution >= 4 is 11.6 Å². The molecule has 3 aromatic rings. The Bertz CT molecular complexity index is 884. The van der Waals surface area contributed by atoms with Crippen LogP contribution in [-0.4, -0.2) is 18.2 Å². The highest BCUT2D eigenvalue weighted by atomic mass is 16.5. The van der Waals surface area contributed by atoms with Crippen LogP contribution in [0.4, 0.5) is 0 Å². The SMILES string of the molecule is CCOc1ccc(C(CC(=O)c2ccccc2)C(=O)c2ccccc2)cc1. The molecule has 0 saturated heterocycles. The summed E-state index contributed by atoms with van der Waals surface area (Å²) in [5.74, 6) is 0.125. The van der Waals surface area contributed by atoms with Crippen molar-refractivity contribution in [3.8, 4) is 5.75 Å². The maximum atomic E-state index is 13.1. The third-order valence-corrected chi connectivity index (χ3v) is 4.45. The van der Waals surface area contributed by atoms with Gasteiger partial charge in [-0.1, -0.05) is 72.8 Å². The predicted molar refractivity (Wildman–Crippen MR) is 107 cm³/mol. The summed E-state index contributed by atoms with van der Waals surface area (Å²) in [6, 6.07) is 25.6. The Kier molecular flexibility index (Phi) is 6.16. The van der Waals surface area contributed by atoms with E-state index in [1.54, 1.807) is 24.3 Å². The molecule has 3 heteroatoms. The van der Waals surface area contributed by atoms with Crippen LogP contribution in [0.5, 0.6) is 5.75 Å². The van der Waals surface area contributed by atoms with Crippen LogP contribution in [0, 0.1) is 0 Å². The smallest absolute Gasteiger partial charge is 0.170 e. The molecule has 0 N–H and O–H groups in total. The zero-order chi connectivity index (χ0) is 19.1. The Labute approximate surface area is 159 Å². The molecule has 0 spiro atoms. The first-order valence-corrected chi connectivity index (χ1v) is 9.09. The maximum Gasteiger partial charge on any atom is 0.170 e. The van der Waals surface area contributed by atoms with E-state index >= 15 is 0 Å². The van der Waals surface area contributed by atoms with Gasteiger partial charge in [0.05, 0.1) is 12.5 Å². The zero-order valence-electron chi connectivity index (χ0n) is 15.3. The number of carbonyl (C=O) groups excluding carboxylic acids is 2. The molecular formula is C24H22O3. The molecule has 3 rings (SSSR count). The molecule has 3 nitrogen and oxygen atoms in total. The molecule has 136 valence electrons. The molecule has 27 heavy (non-hydrogen) atoms. The van der Waals surface area contributed by atoms with E-state index in [9.17, 15) is 9.59 Å². The van der Waals surface area contributed by atoms with Gasteiger partial charge in [0.15, 0.2) is 11.6 Å². The minimum Gasteiger partial charge on any atom is -0.494 e. The monoisotopic (exact) mass is 358 g/mol. The molecule has 1 unspecified atom stereocenters. The van der Waals surface area contributed by atoms with Gasteiger partial charge in [-0.25, -0.2) is 0 Å². The molecule has 1 atom stereocenters. The van der Waals surface area contributed by atoms with Crippen molar-refractivity contribution in [3.63, 3.8) is 0 Å². The third kappa shape index (κ3) is 4.70. The predicted octanol–water partition coefficient (Wildman–Crippen LogP) is 5.32.